The first-order valence-electron chi connectivity index (χ1n) is 37.2. The number of carbonyl (C=O) groups excluding carboxylic acids is 1. The number of esters is 1. The number of hydrogen-bond acceptors (Lipinski definition) is 2. The molecule has 0 saturated carbocycles. The van der Waals surface area contributed by atoms with Crippen molar-refractivity contribution in [3.8, 4) is 0 Å². The number of hydrogen-bond donors (Lipinski definition) is 0. The van der Waals surface area contributed by atoms with E-state index in [9.17, 15) is 4.79 Å². The van der Waals surface area contributed by atoms with Gasteiger partial charge in [0.2, 0.25) is 0 Å². The first kappa shape index (κ1) is 77.2. The molecular formula is C76H150O2. The molecular weight excluding hydrogens is 945 g/mol. The summed E-state index contributed by atoms with van der Waals surface area (Å²) >= 11 is 0. The van der Waals surface area contributed by atoms with Gasteiger partial charge in [-0.25, -0.2) is 4.79 Å². The highest BCUT2D eigenvalue weighted by Gasteiger charge is 2.21. The first-order valence-corrected chi connectivity index (χ1v) is 37.2. The molecule has 0 aromatic heterocycles. The van der Waals surface area contributed by atoms with Crippen LogP contribution in [0.15, 0.2) is 12.2 Å². The van der Waals surface area contributed by atoms with E-state index >= 15 is 0 Å². The van der Waals surface area contributed by atoms with E-state index in [0.717, 1.165) is 5.92 Å². The van der Waals surface area contributed by atoms with Crippen molar-refractivity contribution in [2.24, 2.45) is 17.8 Å². The summed E-state index contributed by atoms with van der Waals surface area (Å²) in [5, 5.41) is 0. The van der Waals surface area contributed by atoms with Gasteiger partial charge in [0, 0.05) is 5.57 Å². The van der Waals surface area contributed by atoms with Crippen molar-refractivity contribution < 1.29 is 9.53 Å². The van der Waals surface area contributed by atoms with Gasteiger partial charge in [-0.2, -0.15) is 0 Å². The lowest BCUT2D eigenvalue weighted by Crippen LogP contribution is -2.21. The maximum Gasteiger partial charge on any atom is 0.333 e. The Morgan fingerprint density at radius 3 is 0.679 bits per heavy atom. The van der Waals surface area contributed by atoms with Crippen LogP contribution in [0.2, 0.25) is 0 Å². The Hall–Kier alpha value is -0.790. The highest BCUT2D eigenvalue weighted by atomic mass is 16.5. The van der Waals surface area contributed by atoms with E-state index in [1.807, 2.05) is 0 Å². The zero-order valence-corrected chi connectivity index (χ0v) is 55.2. The quantitative estimate of drug-likeness (QED) is 0.0345. The lowest BCUT2D eigenvalue weighted by atomic mass is 9.83. The zero-order chi connectivity index (χ0) is 56.6. The highest BCUT2D eigenvalue weighted by Crippen LogP contribution is 2.28. The minimum Gasteiger partial charge on any atom is -0.462 e. The van der Waals surface area contributed by atoms with Crippen LogP contribution in [-0.2, 0) is 9.53 Å². The number of rotatable bonds is 69. The average molecular weight is 1100 g/mol. The Bertz CT molecular complexity index is 1130. The smallest absolute Gasteiger partial charge is 0.333 e. The average Bonchev–Trinajstić information content (AvgIpc) is 3.43. The number of unbranched alkanes of at least 4 members (excludes halogenated alkanes) is 58. The molecule has 0 N–H and O–H groups in total. The van der Waals surface area contributed by atoms with Gasteiger partial charge in [-0.1, -0.05) is 439 Å². The van der Waals surface area contributed by atoms with Gasteiger partial charge < -0.3 is 4.74 Å². The van der Waals surface area contributed by atoms with Crippen LogP contribution in [0.25, 0.3) is 0 Å². The first-order chi connectivity index (χ1) is 38.4. The van der Waals surface area contributed by atoms with Crippen molar-refractivity contribution in [3.63, 3.8) is 0 Å². The van der Waals surface area contributed by atoms with Gasteiger partial charge in [-0.15, -0.1) is 0 Å². The molecule has 0 aliphatic heterocycles. The summed E-state index contributed by atoms with van der Waals surface area (Å²) in [6.07, 6.45) is 92.4. The van der Waals surface area contributed by atoms with Crippen molar-refractivity contribution in [3.05, 3.63) is 12.2 Å². The molecule has 0 spiro atoms. The van der Waals surface area contributed by atoms with E-state index in [4.69, 9.17) is 4.74 Å². The second-order valence-corrected chi connectivity index (χ2v) is 26.9. The second kappa shape index (κ2) is 67.0. The predicted octanol–water partition coefficient (Wildman–Crippen LogP) is 28.0. The third kappa shape index (κ3) is 62.8. The normalized spacial score (nSPS) is 12.9. The van der Waals surface area contributed by atoms with Gasteiger partial charge >= 0.3 is 5.97 Å². The Kier molecular flexibility index (Phi) is 66.3. The van der Waals surface area contributed by atoms with Crippen LogP contribution in [-0.4, -0.2) is 12.6 Å². The van der Waals surface area contributed by atoms with Gasteiger partial charge in [-0.3, -0.25) is 0 Å². The van der Waals surface area contributed by atoms with Crippen LogP contribution in [0.5, 0.6) is 0 Å². The largest absolute Gasteiger partial charge is 0.462 e. The standard InChI is InChI=1S/C76H150O2/c1-7-9-11-13-15-17-19-21-23-25-27-29-31-33-35-37-39-41-43-45-47-49-51-53-55-57-59-61-63-65-67-73(5)69-70-75(71-78-76(77)72(3)4)74(6)68-66-64-62-60-58-56-54-52-50-48-46-44-42-40-38-36-34-32-30-28-26-24-22-20-18-16-14-12-10-8-2/h73-75H,3,7-71H2,1-2,4-6H3. The molecule has 0 fully saturated rings. The molecule has 78 heavy (non-hydrogen) atoms. The molecule has 0 bridgehead atoms. The van der Waals surface area contributed by atoms with Crippen molar-refractivity contribution in [1.82, 2.24) is 0 Å². The Morgan fingerprint density at radius 2 is 0.474 bits per heavy atom. The number of carbonyl (C=O) groups is 1. The maximum atomic E-state index is 12.3. The van der Waals surface area contributed by atoms with E-state index in [-0.39, 0.29) is 5.97 Å². The molecule has 3 unspecified atom stereocenters. The lowest BCUT2D eigenvalue weighted by molar-refractivity contribution is -0.141. The van der Waals surface area contributed by atoms with Crippen molar-refractivity contribution in [1.29, 1.82) is 0 Å². The summed E-state index contributed by atoms with van der Waals surface area (Å²) < 4.78 is 5.77. The van der Waals surface area contributed by atoms with Crippen LogP contribution >= 0.6 is 0 Å². The van der Waals surface area contributed by atoms with Crippen LogP contribution in [0.1, 0.15) is 446 Å². The molecule has 466 valence electrons. The molecule has 0 amide bonds. The van der Waals surface area contributed by atoms with Crippen molar-refractivity contribution in [2.45, 2.75) is 446 Å². The van der Waals surface area contributed by atoms with E-state index < -0.39 is 0 Å². The molecule has 0 rings (SSSR count). The lowest BCUT2D eigenvalue weighted by Gasteiger charge is -2.25. The van der Waals surface area contributed by atoms with Crippen LogP contribution in [0.4, 0.5) is 0 Å². The summed E-state index contributed by atoms with van der Waals surface area (Å²) in [4.78, 5) is 12.3. The third-order valence-corrected chi connectivity index (χ3v) is 18.7. The number of ether oxygens (including phenoxy) is 1. The molecule has 0 radical (unpaired) electrons. The minimum absolute atomic E-state index is 0.211. The van der Waals surface area contributed by atoms with E-state index in [1.54, 1.807) is 6.92 Å². The van der Waals surface area contributed by atoms with E-state index in [2.05, 4.69) is 34.3 Å². The van der Waals surface area contributed by atoms with Crippen LogP contribution in [0.3, 0.4) is 0 Å². The SMILES string of the molecule is C=C(C)C(=O)OCC(CCC(C)CCCCCCCCCCCCCCCCCCCCCCCCCCCCCCCC)C(C)CCCCCCCCCCCCCCCCCCCCCCCCCCCCCCCC. The summed E-state index contributed by atoms with van der Waals surface area (Å²) in [5.41, 5.74) is 0.525. The Morgan fingerprint density at radius 1 is 0.282 bits per heavy atom. The molecule has 2 heteroatoms. The van der Waals surface area contributed by atoms with Gasteiger partial charge in [0.25, 0.3) is 0 Å². The summed E-state index contributed by atoms with van der Waals surface area (Å²) in [6.45, 7) is 15.7. The third-order valence-electron chi connectivity index (χ3n) is 18.7. The highest BCUT2D eigenvalue weighted by molar-refractivity contribution is 5.86. The van der Waals surface area contributed by atoms with E-state index in [0.29, 0.717) is 24.0 Å². The van der Waals surface area contributed by atoms with Crippen molar-refractivity contribution >= 4 is 5.97 Å². The van der Waals surface area contributed by atoms with Gasteiger partial charge in [-0.05, 0) is 31.1 Å². The molecule has 3 atom stereocenters. The summed E-state index contributed by atoms with van der Waals surface area (Å²) in [7, 11) is 0. The molecule has 0 aliphatic carbocycles. The van der Waals surface area contributed by atoms with Crippen LogP contribution in [0, 0.1) is 17.8 Å². The Balaban J connectivity index is 3.67. The molecule has 0 aromatic carbocycles. The molecule has 2 nitrogen and oxygen atoms in total. The van der Waals surface area contributed by atoms with Gasteiger partial charge in [0.15, 0.2) is 0 Å². The van der Waals surface area contributed by atoms with Crippen molar-refractivity contribution in [2.75, 3.05) is 6.61 Å². The predicted molar refractivity (Wildman–Crippen MR) is 354 cm³/mol. The van der Waals surface area contributed by atoms with Gasteiger partial charge in [0.1, 0.15) is 0 Å². The fourth-order valence-electron chi connectivity index (χ4n) is 12.7. The fraction of sp³-hybridized carbons (Fsp3) is 0.961. The molecule has 0 saturated heterocycles. The second-order valence-electron chi connectivity index (χ2n) is 26.9. The zero-order valence-electron chi connectivity index (χ0n) is 55.2. The Labute approximate surface area is 495 Å². The maximum absolute atomic E-state index is 12.3. The fourth-order valence-corrected chi connectivity index (χ4v) is 12.7. The molecule has 0 heterocycles. The van der Waals surface area contributed by atoms with E-state index in [1.165, 1.54) is 411 Å². The summed E-state index contributed by atoms with van der Waals surface area (Å²) in [6, 6.07) is 0. The topological polar surface area (TPSA) is 26.3 Å². The molecule has 0 aromatic rings. The summed E-state index contributed by atoms with van der Waals surface area (Å²) in [5.74, 6) is 1.63. The monoisotopic (exact) mass is 1100 g/mol. The minimum atomic E-state index is -0.211. The van der Waals surface area contributed by atoms with Crippen LogP contribution < -0.4 is 0 Å². The molecule has 0 aliphatic rings. The van der Waals surface area contributed by atoms with Gasteiger partial charge in [0.05, 0.1) is 6.61 Å².